The third-order valence-electron chi connectivity index (χ3n) is 3.77. The Morgan fingerprint density at radius 3 is 2.67 bits per heavy atom. The van der Waals surface area contributed by atoms with Crippen LogP contribution in [0.3, 0.4) is 0 Å². The van der Waals surface area contributed by atoms with Gasteiger partial charge in [-0.2, -0.15) is 0 Å². The highest BCUT2D eigenvalue weighted by Crippen LogP contribution is 2.54. The Morgan fingerprint density at radius 2 is 2.00 bits per heavy atom. The highest BCUT2D eigenvalue weighted by Gasteiger charge is 2.47. The van der Waals surface area contributed by atoms with Crippen LogP contribution in [0.5, 0.6) is 0 Å². The number of carbonyl (C=O) groups is 1. The van der Waals surface area contributed by atoms with E-state index in [0.29, 0.717) is 5.78 Å². The molecule has 2 saturated carbocycles. The molecular formula is C13H15NO. The molecule has 2 unspecified atom stereocenters. The van der Waals surface area contributed by atoms with Crippen molar-refractivity contribution < 1.29 is 4.79 Å². The van der Waals surface area contributed by atoms with Gasteiger partial charge in [0.15, 0.2) is 5.78 Å². The van der Waals surface area contributed by atoms with Crippen molar-refractivity contribution in [3.63, 3.8) is 0 Å². The minimum atomic E-state index is 0.289. The van der Waals surface area contributed by atoms with E-state index in [0.717, 1.165) is 35.8 Å². The Bertz CT molecular complexity index is 403. The Labute approximate surface area is 89.7 Å². The van der Waals surface area contributed by atoms with Gasteiger partial charge in [-0.05, 0) is 49.7 Å². The smallest absolute Gasteiger partial charge is 0.167 e. The molecule has 1 aromatic heterocycles. The van der Waals surface area contributed by atoms with Gasteiger partial charge in [0.2, 0.25) is 0 Å². The molecular weight excluding hydrogens is 186 g/mol. The fourth-order valence-electron chi connectivity index (χ4n) is 2.85. The molecule has 2 aliphatic carbocycles. The zero-order valence-electron chi connectivity index (χ0n) is 8.94. The SMILES string of the molecule is Cc1cncc(C(=O)C2CC3CC3C2)c1. The maximum atomic E-state index is 12.1. The Kier molecular flexibility index (Phi) is 1.91. The van der Waals surface area contributed by atoms with Gasteiger partial charge in [0.1, 0.15) is 0 Å². The highest BCUT2D eigenvalue weighted by atomic mass is 16.1. The van der Waals surface area contributed by atoms with Crippen molar-refractivity contribution in [3.8, 4) is 0 Å². The summed E-state index contributed by atoms with van der Waals surface area (Å²) in [4.78, 5) is 16.2. The van der Waals surface area contributed by atoms with Crippen LogP contribution in [0.2, 0.25) is 0 Å². The summed E-state index contributed by atoms with van der Waals surface area (Å²) in [6.07, 6.45) is 7.12. The lowest BCUT2D eigenvalue weighted by molar-refractivity contribution is 0.0914. The van der Waals surface area contributed by atoms with Crippen molar-refractivity contribution in [1.29, 1.82) is 0 Å². The van der Waals surface area contributed by atoms with E-state index in [4.69, 9.17) is 0 Å². The quantitative estimate of drug-likeness (QED) is 0.688. The van der Waals surface area contributed by atoms with Crippen LogP contribution in [0, 0.1) is 24.7 Å². The normalized spacial score (nSPS) is 32.5. The van der Waals surface area contributed by atoms with Gasteiger partial charge >= 0.3 is 0 Å². The molecule has 1 heterocycles. The maximum Gasteiger partial charge on any atom is 0.167 e. The van der Waals surface area contributed by atoms with E-state index < -0.39 is 0 Å². The molecule has 0 radical (unpaired) electrons. The second kappa shape index (κ2) is 3.16. The number of ketones is 1. The highest BCUT2D eigenvalue weighted by molar-refractivity contribution is 5.98. The molecule has 1 aromatic rings. The molecule has 0 bridgehead atoms. The third-order valence-corrected chi connectivity index (χ3v) is 3.77. The number of aromatic nitrogens is 1. The second-order valence-electron chi connectivity index (χ2n) is 5.04. The van der Waals surface area contributed by atoms with Gasteiger partial charge in [-0.25, -0.2) is 0 Å². The van der Waals surface area contributed by atoms with E-state index in [1.165, 1.54) is 6.42 Å². The number of rotatable bonds is 2. The lowest BCUT2D eigenvalue weighted by atomic mass is 9.94. The number of pyridine rings is 1. The van der Waals surface area contributed by atoms with Crippen molar-refractivity contribution in [1.82, 2.24) is 4.98 Å². The van der Waals surface area contributed by atoms with Gasteiger partial charge in [-0.15, -0.1) is 0 Å². The summed E-state index contributed by atoms with van der Waals surface area (Å²) < 4.78 is 0. The number of Topliss-reactive ketones (excluding diaryl/α,β-unsaturated/α-hetero) is 1. The number of hydrogen-bond donors (Lipinski definition) is 0. The largest absolute Gasteiger partial charge is 0.294 e. The van der Waals surface area contributed by atoms with E-state index in [2.05, 4.69) is 4.98 Å². The van der Waals surface area contributed by atoms with E-state index >= 15 is 0 Å². The molecule has 2 atom stereocenters. The zero-order valence-corrected chi connectivity index (χ0v) is 8.94. The van der Waals surface area contributed by atoms with E-state index in [1.807, 2.05) is 13.0 Å². The molecule has 2 aliphatic rings. The van der Waals surface area contributed by atoms with Gasteiger partial charge in [0.25, 0.3) is 0 Å². The van der Waals surface area contributed by atoms with Crippen molar-refractivity contribution >= 4 is 5.78 Å². The first-order chi connectivity index (χ1) is 7.24. The summed E-state index contributed by atoms with van der Waals surface area (Å²) in [6.45, 7) is 1.98. The molecule has 0 saturated heterocycles. The van der Waals surface area contributed by atoms with Crippen LogP contribution in [-0.4, -0.2) is 10.8 Å². The van der Waals surface area contributed by atoms with Crippen LogP contribution in [0.4, 0.5) is 0 Å². The van der Waals surface area contributed by atoms with E-state index in [1.54, 1.807) is 12.4 Å². The molecule has 0 amide bonds. The third kappa shape index (κ3) is 1.58. The van der Waals surface area contributed by atoms with Gasteiger partial charge in [0.05, 0.1) is 0 Å². The van der Waals surface area contributed by atoms with Crippen molar-refractivity contribution in [3.05, 3.63) is 29.6 Å². The summed E-state index contributed by atoms with van der Waals surface area (Å²) in [5.74, 6) is 2.35. The van der Waals surface area contributed by atoms with Crippen LogP contribution in [0.15, 0.2) is 18.5 Å². The summed E-state index contributed by atoms with van der Waals surface area (Å²) in [7, 11) is 0. The minimum Gasteiger partial charge on any atom is -0.294 e. The molecule has 0 spiro atoms. The first-order valence-corrected chi connectivity index (χ1v) is 5.70. The molecule has 2 nitrogen and oxygen atoms in total. The first-order valence-electron chi connectivity index (χ1n) is 5.70. The number of hydrogen-bond acceptors (Lipinski definition) is 2. The van der Waals surface area contributed by atoms with Crippen LogP contribution in [0.1, 0.15) is 35.2 Å². The van der Waals surface area contributed by atoms with Crippen molar-refractivity contribution in [2.45, 2.75) is 26.2 Å². The van der Waals surface area contributed by atoms with Crippen molar-refractivity contribution in [2.24, 2.45) is 17.8 Å². The zero-order chi connectivity index (χ0) is 10.4. The van der Waals surface area contributed by atoms with Gasteiger partial charge < -0.3 is 0 Å². The lowest BCUT2D eigenvalue weighted by Crippen LogP contribution is -2.13. The summed E-state index contributed by atoms with van der Waals surface area (Å²) in [6, 6.07) is 1.96. The fraction of sp³-hybridized carbons (Fsp3) is 0.538. The lowest BCUT2D eigenvalue weighted by Gasteiger charge is -2.10. The monoisotopic (exact) mass is 201 g/mol. The summed E-state index contributed by atoms with van der Waals surface area (Å²) in [5.41, 5.74) is 1.88. The van der Waals surface area contributed by atoms with Gasteiger partial charge in [-0.3, -0.25) is 9.78 Å². The van der Waals surface area contributed by atoms with E-state index in [9.17, 15) is 4.79 Å². The fourth-order valence-corrected chi connectivity index (χ4v) is 2.85. The predicted molar refractivity (Wildman–Crippen MR) is 57.6 cm³/mol. The number of aryl methyl sites for hydroxylation is 1. The van der Waals surface area contributed by atoms with Crippen LogP contribution in [0.25, 0.3) is 0 Å². The van der Waals surface area contributed by atoms with Crippen molar-refractivity contribution in [2.75, 3.05) is 0 Å². The van der Waals surface area contributed by atoms with Crippen LogP contribution >= 0.6 is 0 Å². The molecule has 0 aliphatic heterocycles. The molecule has 0 aromatic carbocycles. The summed E-state index contributed by atoms with van der Waals surface area (Å²) >= 11 is 0. The molecule has 2 heteroatoms. The van der Waals surface area contributed by atoms with E-state index in [-0.39, 0.29) is 5.92 Å². The molecule has 15 heavy (non-hydrogen) atoms. The maximum absolute atomic E-state index is 12.1. The van der Waals surface area contributed by atoms with Gasteiger partial charge in [-0.1, -0.05) is 0 Å². The predicted octanol–water partition coefficient (Wildman–Crippen LogP) is 2.62. The topological polar surface area (TPSA) is 30.0 Å². The summed E-state index contributed by atoms with van der Waals surface area (Å²) in [5, 5.41) is 0. The van der Waals surface area contributed by atoms with Gasteiger partial charge in [0, 0.05) is 23.9 Å². The average Bonchev–Trinajstić information content (AvgIpc) is 2.85. The Balaban J connectivity index is 1.79. The van der Waals surface area contributed by atoms with Crippen LogP contribution < -0.4 is 0 Å². The minimum absolute atomic E-state index is 0.289. The molecule has 2 fully saturated rings. The average molecular weight is 201 g/mol. The molecule has 0 N–H and O–H groups in total. The Hall–Kier alpha value is -1.18. The number of nitrogens with zero attached hydrogens (tertiary/aromatic N) is 1. The van der Waals surface area contributed by atoms with Crippen LogP contribution in [-0.2, 0) is 0 Å². The first kappa shape index (κ1) is 9.08. The second-order valence-corrected chi connectivity index (χ2v) is 5.04. The molecule has 3 rings (SSSR count). The number of fused-ring (bicyclic) bond motifs is 1. The molecule has 78 valence electrons. The standard InChI is InChI=1S/C13H15NO/c1-8-2-12(7-14-6-8)13(15)11-4-9-3-10(9)5-11/h2,6-7,9-11H,3-5H2,1H3. The Morgan fingerprint density at radius 1 is 1.27 bits per heavy atom. The number of carbonyl (C=O) groups excluding carboxylic acids is 1.